The van der Waals surface area contributed by atoms with Gasteiger partial charge in [-0.05, 0) is 37.6 Å². The molecule has 1 aliphatic rings. The summed E-state index contributed by atoms with van der Waals surface area (Å²) in [6.45, 7) is 1.28. The molecule has 0 bridgehead atoms. The van der Waals surface area contributed by atoms with E-state index in [2.05, 4.69) is 20.8 Å². The molecular formula is C14H18BrF3N2. The highest BCUT2D eigenvalue weighted by atomic mass is 79.9. The predicted molar refractivity (Wildman–Crippen MR) is 76.3 cm³/mol. The molecule has 112 valence electrons. The molecule has 1 fully saturated rings. The van der Waals surface area contributed by atoms with E-state index < -0.39 is 12.1 Å². The molecule has 0 amide bonds. The lowest BCUT2D eigenvalue weighted by Crippen LogP contribution is -2.43. The zero-order chi connectivity index (χ0) is 14.8. The van der Waals surface area contributed by atoms with Gasteiger partial charge in [-0.25, -0.2) is 0 Å². The summed E-state index contributed by atoms with van der Waals surface area (Å²) in [6.07, 6.45) is -3.76. The normalized spacial score (nSPS) is 20.1. The monoisotopic (exact) mass is 350 g/mol. The highest BCUT2D eigenvalue weighted by molar-refractivity contribution is 9.10. The van der Waals surface area contributed by atoms with Gasteiger partial charge in [-0.1, -0.05) is 34.1 Å². The number of nitrogens with two attached hydrogens (primary N) is 1. The molecule has 6 heteroatoms. The number of likely N-dealkylation sites (tertiary alicyclic amines) is 1. The molecule has 1 aromatic rings. The number of halogens is 4. The zero-order valence-corrected chi connectivity index (χ0v) is 12.6. The summed E-state index contributed by atoms with van der Waals surface area (Å²) in [5, 5.41) is 0. The van der Waals surface area contributed by atoms with Crippen molar-refractivity contribution in [3.8, 4) is 0 Å². The number of alkyl halides is 3. The van der Waals surface area contributed by atoms with Crippen molar-refractivity contribution in [1.82, 2.24) is 4.90 Å². The first-order chi connectivity index (χ1) is 9.43. The molecule has 2 rings (SSSR count). The average molecular weight is 351 g/mol. The lowest BCUT2D eigenvalue weighted by molar-refractivity contribution is -0.186. The number of hydrogen-bond donors (Lipinski definition) is 1. The van der Waals surface area contributed by atoms with Crippen molar-refractivity contribution in [2.75, 3.05) is 19.6 Å². The van der Waals surface area contributed by atoms with E-state index in [4.69, 9.17) is 5.73 Å². The molecular weight excluding hydrogens is 333 g/mol. The van der Waals surface area contributed by atoms with Crippen LogP contribution >= 0.6 is 15.9 Å². The van der Waals surface area contributed by atoms with Crippen LogP contribution in [-0.2, 0) is 0 Å². The Bertz CT molecular complexity index is 442. The molecule has 0 saturated carbocycles. The SMILES string of the molecule is NCC(c1ccccc1Br)N1CCC(C(F)(F)F)CC1. The Morgan fingerprint density at radius 1 is 1.25 bits per heavy atom. The van der Waals surface area contributed by atoms with Gasteiger partial charge in [0.15, 0.2) is 0 Å². The Hall–Kier alpha value is -0.590. The van der Waals surface area contributed by atoms with Crippen LogP contribution in [0.4, 0.5) is 13.2 Å². The van der Waals surface area contributed by atoms with Crippen LogP contribution in [0.25, 0.3) is 0 Å². The van der Waals surface area contributed by atoms with Gasteiger partial charge >= 0.3 is 6.18 Å². The van der Waals surface area contributed by atoms with E-state index >= 15 is 0 Å². The van der Waals surface area contributed by atoms with Crippen LogP contribution in [0.2, 0.25) is 0 Å². The lowest BCUT2D eigenvalue weighted by Gasteiger charge is -2.38. The Morgan fingerprint density at radius 2 is 1.85 bits per heavy atom. The Balaban J connectivity index is 2.06. The van der Waals surface area contributed by atoms with Gasteiger partial charge in [-0.15, -0.1) is 0 Å². The number of hydrogen-bond acceptors (Lipinski definition) is 2. The summed E-state index contributed by atoms with van der Waals surface area (Å²) < 4.78 is 39.0. The van der Waals surface area contributed by atoms with Gasteiger partial charge in [0.1, 0.15) is 0 Å². The van der Waals surface area contributed by atoms with Gasteiger partial charge in [0.25, 0.3) is 0 Å². The number of nitrogens with zero attached hydrogens (tertiary/aromatic N) is 1. The van der Waals surface area contributed by atoms with E-state index in [0.717, 1.165) is 10.0 Å². The van der Waals surface area contributed by atoms with Crippen LogP contribution in [0.15, 0.2) is 28.7 Å². The fraction of sp³-hybridized carbons (Fsp3) is 0.571. The van der Waals surface area contributed by atoms with Crippen LogP contribution in [0.5, 0.6) is 0 Å². The summed E-state index contributed by atoms with van der Waals surface area (Å²) >= 11 is 3.49. The van der Waals surface area contributed by atoms with Gasteiger partial charge < -0.3 is 5.73 Å². The molecule has 2 N–H and O–H groups in total. The minimum Gasteiger partial charge on any atom is -0.329 e. The van der Waals surface area contributed by atoms with Gasteiger partial charge in [0.05, 0.1) is 5.92 Å². The maximum absolute atomic E-state index is 12.7. The lowest BCUT2D eigenvalue weighted by atomic mass is 9.93. The molecule has 1 atom stereocenters. The maximum atomic E-state index is 12.7. The first-order valence-electron chi connectivity index (χ1n) is 6.68. The second-order valence-corrected chi connectivity index (χ2v) is 5.98. The molecule has 1 aliphatic heterocycles. The van der Waals surface area contributed by atoms with Crippen LogP contribution in [0.1, 0.15) is 24.4 Å². The summed E-state index contributed by atoms with van der Waals surface area (Å²) in [5.41, 5.74) is 6.88. The first kappa shape index (κ1) is 15.8. The third-order valence-corrected chi connectivity index (χ3v) is 4.64. The number of rotatable bonds is 3. The zero-order valence-electron chi connectivity index (χ0n) is 11.0. The van der Waals surface area contributed by atoms with E-state index in [-0.39, 0.29) is 18.9 Å². The molecule has 1 saturated heterocycles. The Kier molecular flexibility index (Phi) is 5.09. The molecule has 0 spiro atoms. The first-order valence-corrected chi connectivity index (χ1v) is 7.48. The van der Waals surface area contributed by atoms with E-state index in [1.54, 1.807) is 0 Å². The van der Waals surface area contributed by atoms with E-state index in [1.165, 1.54) is 0 Å². The average Bonchev–Trinajstić information content (AvgIpc) is 2.41. The van der Waals surface area contributed by atoms with Crippen molar-refractivity contribution in [2.24, 2.45) is 11.7 Å². The molecule has 1 heterocycles. The fourth-order valence-corrected chi connectivity index (χ4v) is 3.31. The molecule has 20 heavy (non-hydrogen) atoms. The Labute approximate surface area is 125 Å². The van der Waals surface area contributed by atoms with Gasteiger partial charge in [-0.2, -0.15) is 13.2 Å². The van der Waals surface area contributed by atoms with Crippen molar-refractivity contribution >= 4 is 15.9 Å². The minimum atomic E-state index is -4.07. The Morgan fingerprint density at radius 3 is 2.35 bits per heavy atom. The van der Waals surface area contributed by atoms with Gasteiger partial charge in [0, 0.05) is 17.1 Å². The van der Waals surface area contributed by atoms with Gasteiger partial charge in [-0.3, -0.25) is 4.90 Å². The molecule has 1 aromatic carbocycles. The standard InChI is InChI=1S/C14H18BrF3N2/c15-12-4-2-1-3-11(12)13(9-19)20-7-5-10(6-8-20)14(16,17)18/h1-4,10,13H,5-9,19H2. The highest BCUT2D eigenvalue weighted by Gasteiger charge is 2.41. The summed E-state index contributed by atoms with van der Waals surface area (Å²) in [4.78, 5) is 2.06. The van der Waals surface area contributed by atoms with Crippen LogP contribution in [0.3, 0.4) is 0 Å². The van der Waals surface area contributed by atoms with Crippen LogP contribution in [-0.4, -0.2) is 30.7 Å². The molecule has 0 aliphatic carbocycles. The molecule has 2 nitrogen and oxygen atoms in total. The fourth-order valence-electron chi connectivity index (χ4n) is 2.76. The molecule has 1 unspecified atom stereocenters. The minimum absolute atomic E-state index is 0.0280. The van der Waals surface area contributed by atoms with Crippen molar-refractivity contribution in [2.45, 2.75) is 25.1 Å². The topological polar surface area (TPSA) is 29.3 Å². The van der Waals surface area contributed by atoms with E-state index in [9.17, 15) is 13.2 Å². The summed E-state index contributed by atoms with van der Waals surface area (Å²) in [5.74, 6) is -1.17. The van der Waals surface area contributed by atoms with Crippen LogP contribution < -0.4 is 5.73 Å². The summed E-state index contributed by atoms with van der Waals surface area (Å²) in [6, 6.07) is 7.71. The van der Waals surface area contributed by atoms with Crippen molar-refractivity contribution in [3.63, 3.8) is 0 Å². The van der Waals surface area contributed by atoms with Crippen molar-refractivity contribution in [1.29, 1.82) is 0 Å². The number of piperidine rings is 1. The van der Waals surface area contributed by atoms with Crippen molar-refractivity contribution in [3.05, 3.63) is 34.3 Å². The third-order valence-electron chi connectivity index (χ3n) is 3.92. The third kappa shape index (κ3) is 3.54. The summed E-state index contributed by atoms with van der Waals surface area (Å²) in [7, 11) is 0. The quantitative estimate of drug-likeness (QED) is 0.899. The second-order valence-electron chi connectivity index (χ2n) is 5.12. The maximum Gasteiger partial charge on any atom is 0.391 e. The molecule has 0 radical (unpaired) electrons. The number of benzene rings is 1. The largest absolute Gasteiger partial charge is 0.391 e. The smallest absolute Gasteiger partial charge is 0.329 e. The van der Waals surface area contributed by atoms with E-state index in [0.29, 0.717) is 19.6 Å². The van der Waals surface area contributed by atoms with Crippen LogP contribution in [0, 0.1) is 5.92 Å². The van der Waals surface area contributed by atoms with Crippen molar-refractivity contribution < 1.29 is 13.2 Å². The van der Waals surface area contributed by atoms with Gasteiger partial charge in [0.2, 0.25) is 0 Å². The second kappa shape index (κ2) is 6.45. The molecule has 0 aromatic heterocycles. The highest BCUT2D eigenvalue weighted by Crippen LogP contribution is 2.37. The predicted octanol–water partition coefficient (Wildman–Crippen LogP) is 3.72. The van der Waals surface area contributed by atoms with E-state index in [1.807, 2.05) is 24.3 Å².